The number of carbonyl (C=O) groups excluding carboxylic acids is 1. The minimum absolute atomic E-state index is 0.00515. The van der Waals surface area contributed by atoms with E-state index in [0.29, 0.717) is 6.42 Å². The van der Waals surface area contributed by atoms with E-state index >= 15 is 0 Å². The van der Waals surface area contributed by atoms with Gasteiger partial charge in [-0.05, 0) is 19.8 Å². The fraction of sp³-hybridized carbons (Fsp3) is 0.450. The number of oxazole rings is 1. The molecule has 1 unspecified atom stereocenters. The molecule has 1 amide bonds. The lowest BCUT2D eigenvalue weighted by Gasteiger charge is -2.20. The molecule has 2 rings (SSSR count). The highest BCUT2D eigenvalue weighted by Crippen LogP contribution is 2.40. The smallest absolute Gasteiger partial charge is 0.309 e. The van der Waals surface area contributed by atoms with Crippen LogP contribution in [0.1, 0.15) is 61.1 Å². The third kappa shape index (κ3) is 6.27. The van der Waals surface area contributed by atoms with Gasteiger partial charge in [-0.2, -0.15) is 10.2 Å². The predicted molar refractivity (Wildman–Crippen MR) is 115 cm³/mol. The first kappa shape index (κ1) is 24.8. The Bertz CT molecular complexity index is 1110. The number of phenols is 3. The van der Waals surface area contributed by atoms with Crippen LogP contribution in [-0.4, -0.2) is 46.4 Å². The van der Waals surface area contributed by atoms with Gasteiger partial charge in [-0.15, -0.1) is 0 Å². The van der Waals surface area contributed by atoms with Crippen molar-refractivity contribution in [2.75, 3.05) is 10.5 Å². The quantitative estimate of drug-likeness (QED) is 0.245. The molecule has 32 heavy (non-hydrogen) atoms. The Hall–Kier alpha value is -3.46. The van der Waals surface area contributed by atoms with Crippen molar-refractivity contribution in [2.45, 2.75) is 52.0 Å². The molecule has 2 aromatic rings. The van der Waals surface area contributed by atoms with E-state index in [0.717, 1.165) is 31.6 Å². The number of aromatic nitrogens is 1. The van der Waals surface area contributed by atoms with Crippen LogP contribution in [0, 0.1) is 11.3 Å². The van der Waals surface area contributed by atoms with Gasteiger partial charge in [0.15, 0.2) is 17.2 Å². The van der Waals surface area contributed by atoms with E-state index in [1.54, 1.807) is 0 Å². The average Bonchev–Trinajstić information content (AvgIpc) is 3.21. The molecule has 0 fully saturated rings. The van der Waals surface area contributed by atoms with Crippen molar-refractivity contribution in [1.29, 1.82) is 5.26 Å². The van der Waals surface area contributed by atoms with Crippen molar-refractivity contribution in [2.24, 2.45) is 0 Å². The van der Waals surface area contributed by atoms with Crippen LogP contribution in [0.2, 0.25) is 0 Å². The van der Waals surface area contributed by atoms with Crippen LogP contribution in [0.3, 0.4) is 0 Å². The summed E-state index contributed by atoms with van der Waals surface area (Å²) in [5, 5.41) is 41.8. The summed E-state index contributed by atoms with van der Waals surface area (Å²) in [5.74, 6) is -2.84. The summed E-state index contributed by atoms with van der Waals surface area (Å²) in [5.41, 5.74) is -0.107. The number of benzene rings is 1. The van der Waals surface area contributed by atoms with E-state index < -0.39 is 39.2 Å². The summed E-state index contributed by atoms with van der Waals surface area (Å²) in [4.78, 5) is 16.5. The second-order valence-electron chi connectivity index (χ2n) is 7.14. The molecular formula is C20H26N4O7S. The Morgan fingerprint density at radius 3 is 2.59 bits per heavy atom. The fourth-order valence-corrected chi connectivity index (χ4v) is 3.50. The molecule has 0 bridgehead atoms. The van der Waals surface area contributed by atoms with Crippen LogP contribution in [-0.2, 0) is 16.4 Å². The molecule has 1 heterocycles. The Morgan fingerprint density at radius 2 is 1.97 bits per heavy atom. The number of hydrogen-bond donors (Lipinski definition) is 5. The Labute approximate surface area is 185 Å². The number of sulfonamides is 1. The maximum Gasteiger partial charge on any atom is 0.309 e. The number of nitrogens with zero attached hydrogens (tertiary/aromatic N) is 2. The number of nitriles is 1. The summed E-state index contributed by atoms with van der Waals surface area (Å²) in [6, 6.07) is 2.00. The van der Waals surface area contributed by atoms with Crippen LogP contribution in [0.15, 0.2) is 16.7 Å². The number of anilines is 1. The van der Waals surface area contributed by atoms with Gasteiger partial charge in [-0.25, -0.2) is 13.1 Å². The number of carbonyl (C=O) groups is 1. The first-order valence-electron chi connectivity index (χ1n) is 10.1. The Kier molecular flexibility index (Phi) is 8.31. The van der Waals surface area contributed by atoms with Gasteiger partial charge in [0.05, 0.1) is 17.4 Å². The number of hydrogen-bond acceptors (Lipinski definition) is 9. The summed E-state index contributed by atoms with van der Waals surface area (Å²) in [6.45, 7) is 3.45. The molecule has 5 N–H and O–H groups in total. The zero-order chi connectivity index (χ0) is 23.9. The van der Waals surface area contributed by atoms with E-state index in [4.69, 9.17) is 4.42 Å². The zero-order valence-electron chi connectivity index (χ0n) is 17.8. The molecule has 1 aromatic carbocycles. The van der Waals surface area contributed by atoms with Gasteiger partial charge in [0, 0.05) is 17.7 Å². The van der Waals surface area contributed by atoms with Gasteiger partial charge < -0.3 is 25.1 Å². The highest BCUT2D eigenvalue weighted by molar-refractivity contribution is 7.92. The lowest BCUT2D eigenvalue weighted by Crippen LogP contribution is -2.37. The molecule has 174 valence electrons. The van der Waals surface area contributed by atoms with Crippen molar-refractivity contribution in [3.05, 3.63) is 29.2 Å². The number of unbranched alkanes of at least 4 members (excludes halogenated alkanes) is 2. The minimum atomic E-state index is -3.62. The molecule has 12 heteroatoms. The van der Waals surface area contributed by atoms with E-state index in [2.05, 4.69) is 15.0 Å². The number of amides is 1. The third-order valence-electron chi connectivity index (χ3n) is 4.78. The standard InChI is InChI=1S/C20H26N4O7S/c1-3-5-6-7-13(9-14-12(10-21)8-16(25)18(27)17(14)26)22-19(28)15-11-31-20(23-15)24-32(29,30)4-2/h8,11,13,25-27H,3-7,9H2,1-2H3,(H,22,28)(H,23,24). The average molecular weight is 467 g/mol. The van der Waals surface area contributed by atoms with Gasteiger partial charge in [0.25, 0.3) is 5.91 Å². The summed E-state index contributed by atoms with van der Waals surface area (Å²) >= 11 is 0. The van der Waals surface area contributed by atoms with E-state index in [1.807, 2.05) is 13.0 Å². The molecule has 0 aliphatic heterocycles. The van der Waals surface area contributed by atoms with E-state index in [9.17, 15) is 33.8 Å². The molecule has 0 saturated heterocycles. The molecular weight excluding hydrogens is 440 g/mol. The van der Waals surface area contributed by atoms with Crippen molar-refractivity contribution in [1.82, 2.24) is 10.3 Å². The normalized spacial score (nSPS) is 12.2. The fourth-order valence-electron chi connectivity index (χ4n) is 2.99. The second-order valence-corrected chi connectivity index (χ2v) is 9.16. The topological polar surface area (TPSA) is 186 Å². The molecule has 0 aliphatic carbocycles. The number of phenolic OH excluding ortho intramolecular Hbond substituents is 3. The Morgan fingerprint density at radius 1 is 1.25 bits per heavy atom. The lowest BCUT2D eigenvalue weighted by molar-refractivity contribution is 0.0929. The van der Waals surface area contributed by atoms with Gasteiger partial charge in [-0.3, -0.25) is 4.79 Å². The van der Waals surface area contributed by atoms with Gasteiger partial charge in [0.2, 0.25) is 15.8 Å². The SMILES string of the molecule is CCCCCC(Cc1c(C#N)cc(O)c(O)c1O)NC(=O)c1coc(NS(=O)(=O)CC)n1. The molecule has 1 atom stereocenters. The molecule has 1 aromatic heterocycles. The van der Waals surface area contributed by atoms with Crippen LogP contribution < -0.4 is 10.0 Å². The minimum Gasteiger partial charge on any atom is -0.504 e. The summed E-state index contributed by atoms with van der Waals surface area (Å²) in [7, 11) is -3.62. The van der Waals surface area contributed by atoms with Crippen LogP contribution in [0.4, 0.5) is 6.01 Å². The lowest BCUT2D eigenvalue weighted by atomic mass is 9.95. The molecule has 0 spiro atoms. The van der Waals surface area contributed by atoms with Crippen LogP contribution >= 0.6 is 0 Å². The van der Waals surface area contributed by atoms with Crippen molar-refractivity contribution in [3.8, 4) is 23.3 Å². The first-order valence-corrected chi connectivity index (χ1v) is 11.7. The predicted octanol–water partition coefficient (Wildman–Crippen LogP) is 2.35. The van der Waals surface area contributed by atoms with E-state index in [1.165, 1.54) is 6.92 Å². The monoisotopic (exact) mass is 466 g/mol. The van der Waals surface area contributed by atoms with Crippen molar-refractivity contribution in [3.63, 3.8) is 0 Å². The summed E-state index contributed by atoms with van der Waals surface area (Å²) < 4.78 is 30.3. The zero-order valence-corrected chi connectivity index (χ0v) is 18.6. The number of aromatic hydroxyl groups is 3. The van der Waals surface area contributed by atoms with Crippen LogP contribution in [0.5, 0.6) is 17.2 Å². The van der Waals surface area contributed by atoms with Crippen molar-refractivity contribution < 1.29 is 32.9 Å². The molecule has 0 saturated carbocycles. The molecule has 0 aliphatic rings. The maximum absolute atomic E-state index is 12.7. The van der Waals surface area contributed by atoms with Crippen molar-refractivity contribution >= 4 is 21.9 Å². The van der Waals surface area contributed by atoms with Gasteiger partial charge in [-0.1, -0.05) is 26.2 Å². The molecule has 11 nitrogen and oxygen atoms in total. The Balaban J connectivity index is 2.24. The van der Waals surface area contributed by atoms with Crippen LogP contribution in [0.25, 0.3) is 0 Å². The first-order chi connectivity index (χ1) is 15.1. The van der Waals surface area contributed by atoms with Gasteiger partial charge >= 0.3 is 6.01 Å². The second kappa shape index (κ2) is 10.7. The maximum atomic E-state index is 12.7. The number of rotatable bonds is 11. The third-order valence-corrected chi connectivity index (χ3v) is 6.03. The van der Waals surface area contributed by atoms with Gasteiger partial charge in [0.1, 0.15) is 6.26 Å². The largest absolute Gasteiger partial charge is 0.504 e. The summed E-state index contributed by atoms with van der Waals surface area (Å²) in [6.07, 6.45) is 4.08. The highest BCUT2D eigenvalue weighted by Gasteiger charge is 2.23. The molecule has 0 radical (unpaired) electrons. The van der Waals surface area contributed by atoms with E-state index in [-0.39, 0.29) is 35.0 Å². The number of nitrogens with one attached hydrogen (secondary N) is 2. The highest BCUT2D eigenvalue weighted by atomic mass is 32.2.